The first-order valence-corrected chi connectivity index (χ1v) is 19.1. The van der Waals surface area contributed by atoms with Gasteiger partial charge < -0.3 is 48.8 Å². The van der Waals surface area contributed by atoms with Crippen LogP contribution < -0.4 is 0 Å². The molecule has 0 aromatic rings. The van der Waals surface area contributed by atoms with Crippen molar-refractivity contribution in [2.24, 2.45) is 41.4 Å². The van der Waals surface area contributed by atoms with Crippen LogP contribution in [-0.4, -0.2) is 105 Å². The number of carboxylic acids is 2. The minimum absolute atomic E-state index is 0.0312. The topological polar surface area (TPSA) is 170 Å². The zero-order chi connectivity index (χ0) is 37.0. The molecule has 288 valence electrons. The summed E-state index contributed by atoms with van der Waals surface area (Å²) in [6.45, 7) is 15.5. The lowest BCUT2D eigenvalue weighted by Crippen LogP contribution is -2.56. The number of ether oxygens (including phenoxy) is 6. The van der Waals surface area contributed by atoms with Gasteiger partial charge in [-0.25, -0.2) is 0 Å². The minimum atomic E-state index is -1.58. The molecule has 0 radical (unpaired) electrons. The van der Waals surface area contributed by atoms with Crippen molar-refractivity contribution in [2.75, 3.05) is 13.7 Å². The summed E-state index contributed by atoms with van der Waals surface area (Å²) in [6, 6.07) is 0. The molecule has 0 amide bonds. The van der Waals surface area contributed by atoms with Crippen LogP contribution in [0, 0.1) is 41.4 Å². The van der Waals surface area contributed by atoms with Crippen LogP contribution in [0.3, 0.4) is 0 Å². The molecular weight excluding hydrogens is 648 g/mol. The van der Waals surface area contributed by atoms with Gasteiger partial charge in [-0.1, -0.05) is 41.5 Å². The van der Waals surface area contributed by atoms with Crippen molar-refractivity contribution >= 4 is 11.9 Å². The summed E-state index contributed by atoms with van der Waals surface area (Å²) in [5, 5.41) is 40.6. The number of aliphatic hydroxyl groups excluding tert-OH is 1. The fourth-order valence-electron chi connectivity index (χ4n) is 10.5. The molecular formula is C38H64O12. The van der Waals surface area contributed by atoms with E-state index in [4.69, 9.17) is 28.4 Å². The Morgan fingerprint density at radius 2 is 1.68 bits per heavy atom. The Kier molecular flexibility index (Phi) is 11.8. The molecule has 5 aliphatic rings. The van der Waals surface area contributed by atoms with E-state index in [-0.39, 0.29) is 66.3 Å². The molecule has 12 heteroatoms. The molecule has 5 aliphatic heterocycles. The highest BCUT2D eigenvalue weighted by Gasteiger charge is 2.62. The van der Waals surface area contributed by atoms with Crippen LogP contribution in [0.1, 0.15) is 113 Å². The van der Waals surface area contributed by atoms with Gasteiger partial charge in [-0.3, -0.25) is 9.59 Å². The maximum absolute atomic E-state index is 12.0. The largest absolute Gasteiger partial charge is 0.481 e. The highest BCUT2D eigenvalue weighted by molar-refractivity contribution is 5.70. The molecule has 5 fully saturated rings. The highest BCUT2D eigenvalue weighted by atomic mass is 16.7. The summed E-state index contributed by atoms with van der Waals surface area (Å²) in [5.74, 6) is -5.78. The molecule has 5 saturated heterocycles. The monoisotopic (exact) mass is 712 g/mol. The van der Waals surface area contributed by atoms with Gasteiger partial charge in [0.25, 0.3) is 0 Å². The third-order valence-electron chi connectivity index (χ3n) is 13.7. The van der Waals surface area contributed by atoms with E-state index in [0.717, 1.165) is 32.1 Å². The molecule has 5 rings (SSSR count). The van der Waals surface area contributed by atoms with E-state index >= 15 is 0 Å². The molecule has 0 aliphatic carbocycles. The first-order valence-electron chi connectivity index (χ1n) is 19.1. The number of carboxylic acid groups (broad SMARTS) is 2. The van der Waals surface area contributed by atoms with Gasteiger partial charge in [-0.2, -0.15) is 0 Å². The van der Waals surface area contributed by atoms with Gasteiger partial charge in [0.05, 0.1) is 60.4 Å². The van der Waals surface area contributed by atoms with Crippen LogP contribution in [0.5, 0.6) is 0 Å². The van der Waals surface area contributed by atoms with E-state index in [2.05, 4.69) is 27.7 Å². The van der Waals surface area contributed by atoms with Crippen molar-refractivity contribution in [3.63, 3.8) is 0 Å². The summed E-state index contributed by atoms with van der Waals surface area (Å²) < 4.78 is 39.7. The second kappa shape index (κ2) is 14.8. The lowest BCUT2D eigenvalue weighted by atomic mass is 9.73. The number of hydrogen-bond acceptors (Lipinski definition) is 10. The predicted octanol–water partition coefficient (Wildman–Crippen LogP) is 5.00. The summed E-state index contributed by atoms with van der Waals surface area (Å²) in [4.78, 5) is 24.0. The Hall–Kier alpha value is -1.38. The minimum Gasteiger partial charge on any atom is -0.481 e. The van der Waals surface area contributed by atoms with Crippen LogP contribution in [0.2, 0.25) is 0 Å². The molecule has 17 atom stereocenters. The SMILES string of the molecule is CC[C@]1([C@@H]2O[C@@H]([C@H]3O[C@@](O)(CO)[C@H](C)C[C@@H]3C)C[C@@H]2C)CC[C@H]([C@@]2(C)CC[C@]3(C[C@H](CC(=O)O)[C@@H](C)[C@@H]([C@@H](C)[C@@H](OC)[C@H](C)C(=O)O)O3)O2)O1. The zero-order valence-electron chi connectivity index (χ0n) is 31.6. The summed E-state index contributed by atoms with van der Waals surface area (Å²) >= 11 is 0. The number of aliphatic carboxylic acids is 2. The van der Waals surface area contributed by atoms with Gasteiger partial charge in [-0.05, 0) is 76.0 Å². The van der Waals surface area contributed by atoms with Crippen LogP contribution >= 0.6 is 0 Å². The third kappa shape index (κ3) is 7.26. The van der Waals surface area contributed by atoms with Crippen LogP contribution in [0.25, 0.3) is 0 Å². The summed E-state index contributed by atoms with van der Waals surface area (Å²) in [7, 11) is 1.51. The van der Waals surface area contributed by atoms with Crippen molar-refractivity contribution in [2.45, 2.75) is 173 Å². The lowest BCUT2D eigenvalue weighted by molar-refractivity contribution is -0.332. The Morgan fingerprint density at radius 3 is 2.28 bits per heavy atom. The maximum Gasteiger partial charge on any atom is 0.308 e. The smallest absolute Gasteiger partial charge is 0.308 e. The molecule has 0 aromatic heterocycles. The number of carbonyl (C=O) groups is 2. The van der Waals surface area contributed by atoms with E-state index in [1.807, 2.05) is 20.8 Å². The first kappa shape index (κ1) is 39.8. The van der Waals surface area contributed by atoms with Crippen LogP contribution in [-0.2, 0) is 38.0 Å². The molecule has 12 nitrogen and oxygen atoms in total. The van der Waals surface area contributed by atoms with Gasteiger partial charge in [0.1, 0.15) is 0 Å². The number of hydrogen-bond donors (Lipinski definition) is 4. The second-order valence-corrected chi connectivity index (χ2v) is 17.1. The van der Waals surface area contributed by atoms with Crippen molar-refractivity contribution in [1.29, 1.82) is 0 Å². The molecule has 1 spiro atoms. The van der Waals surface area contributed by atoms with Crippen molar-refractivity contribution in [1.82, 2.24) is 0 Å². The molecule has 4 N–H and O–H groups in total. The Bertz CT molecular complexity index is 1220. The highest BCUT2D eigenvalue weighted by Crippen LogP contribution is 2.56. The molecule has 0 saturated carbocycles. The van der Waals surface area contributed by atoms with E-state index < -0.39 is 59.4 Å². The van der Waals surface area contributed by atoms with Gasteiger partial charge in [0, 0.05) is 38.2 Å². The van der Waals surface area contributed by atoms with E-state index in [1.54, 1.807) is 6.92 Å². The molecule has 0 bridgehead atoms. The molecule has 5 heterocycles. The molecule has 0 aromatic carbocycles. The fraction of sp³-hybridized carbons (Fsp3) is 0.947. The second-order valence-electron chi connectivity index (χ2n) is 17.1. The molecule has 0 unspecified atom stereocenters. The average Bonchev–Trinajstić information content (AvgIpc) is 3.77. The zero-order valence-corrected chi connectivity index (χ0v) is 31.6. The van der Waals surface area contributed by atoms with Crippen LogP contribution in [0.4, 0.5) is 0 Å². The normalized spacial score (nSPS) is 48.5. The van der Waals surface area contributed by atoms with E-state index in [9.17, 15) is 30.0 Å². The quantitative estimate of drug-likeness (QED) is 0.214. The fourth-order valence-corrected chi connectivity index (χ4v) is 10.5. The lowest BCUT2D eigenvalue weighted by Gasteiger charge is -2.50. The maximum atomic E-state index is 12.0. The Balaban J connectivity index is 1.33. The van der Waals surface area contributed by atoms with Crippen LogP contribution in [0.15, 0.2) is 0 Å². The van der Waals surface area contributed by atoms with Gasteiger partial charge in [0.2, 0.25) is 0 Å². The number of aliphatic hydroxyl groups is 2. The number of rotatable bonds is 12. The third-order valence-corrected chi connectivity index (χ3v) is 13.7. The van der Waals surface area contributed by atoms with Gasteiger partial charge in [0.15, 0.2) is 11.6 Å². The van der Waals surface area contributed by atoms with Crippen molar-refractivity contribution in [3.8, 4) is 0 Å². The summed E-state index contributed by atoms with van der Waals surface area (Å²) in [5.41, 5.74) is -1.23. The first-order chi connectivity index (χ1) is 23.4. The standard InChI is InChI=1S/C38H64O12/c1-10-36(33-21(3)16-27(46-33)30-20(2)15-22(4)38(44,19-39)49-30)12-11-28(47-36)35(8)13-14-37(50-35)18-26(17-29(40)41)23(5)32(48-37)24(6)31(45-9)25(7)34(42)43/h20-28,30-33,39,44H,10-19H2,1-9H3,(H,40,41)(H,42,43)/t20-,21-,22+,23+,24-,25-,26-,27+,28+,30-,31+,32-,33+,35+,36+,37+,38-/m0/s1. The van der Waals surface area contributed by atoms with Gasteiger partial charge in [-0.15, -0.1) is 0 Å². The summed E-state index contributed by atoms with van der Waals surface area (Å²) in [6.07, 6.45) is 3.36. The average molecular weight is 713 g/mol. The number of methoxy groups -OCH3 is 1. The van der Waals surface area contributed by atoms with Crippen molar-refractivity contribution in [3.05, 3.63) is 0 Å². The van der Waals surface area contributed by atoms with E-state index in [1.165, 1.54) is 7.11 Å². The van der Waals surface area contributed by atoms with E-state index in [0.29, 0.717) is 19.3 Å². The predicted molar refractivity (Wildman–Crippen MR) is 182 cm³/mol. The Labute approximate surface area is 297 Å². The molecule has 50 heavy (non-hydrogen) atoms. The van der Waals surface area contributed by atoms with Gasteiger partial charge >= 0.3 is 11.9 Å². The van der Waals surface area contributed by atoms with Crippen molar-refractivity contribution < 1.29 is 58.4 Å². The Morgan fingerprint density at radius 1 is 0.980 bits per heavy atom.